The Morgan fingerprint density at radius 1 is 1.38 bits per heavy atom. The van der Waals surface area contributed by atoms with Gasteiger partial charge in [-0.2, -0.15) is 0 Å². The Balaban J connectivity index is 1.81. The number of likely N-dealkylation sites (N-methyl/N-ethyl adjacent to an activating group) is 1. The number of amides is 1. The number of nitrogens with one attached hydrogen (secondary N) is 1. The van der Waals surface area contributed by atoms with Crippen molar-refractivity contribution in [2.24, 2.45) is 0 Å². The zero-order valence-corrected chi connectivity index (χ0v) is 13.2. The Morgan fingerprint density at radius 2 is 2.14 bits per heavy atom. The summed E-state index contributed by atoms with van der Waals surface area (Å²) < 4.78 is 0. The summed E-state index contributed by atoms with van der Waals surface area (Å²) >= 11 is 0. The maximum Gasteiger partial charge on any atom is 0.221 e. The number of rotatable bonds is 6. The highest BCUT2D eigenvalue weighted by atomic mass is 16.1. The number of benzene rings is 1. The van der Waals surface area contributed by atoms with Gasteiger partial charge in [0.1, 0.15) is 0 Å². The summed E-state index contributed by atoms with van der Waals surface area (Å²) in [4.78, 5) is 16.2. The van der Waals surface area contributed by atoms with Gasteiger partial charge in [-0.05, 0) is 32.0 Å². The second-order valence-corrected chi connectivity index (χ2v) is 5.92. The predicted molar refractivity (Wildman–Crippen MR) is 86.1 cm³/mol. The van der Waals surface area contributed by atoms with Crippen LogP contribution in [-0.4, -0.2) is 55.5 Å². The van der Waals surface area contributed by atoms with Gasteiger partial charge >= 0.3 is 0 Å². The molecule has 2 rings (SSSR count). The van der Waals surface area contributed by atoms with Gasteiger partial charge in [-0.15, -0.1) is 0 Å². The lowest BCUT2D eigenvalue weighted by Gasteiger charge is -2.37. The molecule has 116 valence electrons. The zero-order valence-electron chi connectivity index (χ0n) is 13.2. The van der Waals surface area contributed by atoms with Crippen molar-refractivity contribution in [1.29, 1.82) is 0 Å². The van der Waals surface area contributed by atoms with Gasteiger partial charge in [0.15, 0.2) is 0 Å². The van der Waals surface area contributed by atoms with Gasteiger partial charge in [-0.1, -0.05) is 30.3 Å². The molecule has 1 atom stereocenters. The average Bonchev–Trinajstić information content (AvgIpc) is 2.53. The quantitative estimate of drug-likeness (QED) is 0.866. The molecule has 1 heterocycles. The van der Waals surface area contributed by atoms with Crippen molar-refractivity contribution in [3.05, 3.63) is 35.9 Å². The molecule has 1 aliphatic rings. The van der Waals surface area contributed by atoms with E-state index >= 15 is 0 Å². The first kappa shape index (κ1) is 16.0. The molecular formula is C17H27N3O. The van der Waals surface area contributed by atoms with Gasteiger partial charge < -0.3 is 10.2 Å². The monoisotopic (exact) mass is 289 g/mol. The molecule has 4 heteroatoms. The average molecular weight is 289 g/mol. The van der Waals surface area contributed by atoms with Gasteiger partial charge in [-0.3, -0.25) is 9.69 Å². The minimum absolute atomic E-state index is 0.124. The number of carbonyl (C=O) groups excluding carboxylic acids is 1. The summed E-state index contributed by atoms with van der Waals surface area (Å²) in [5, 5.41) is 2.69. The van der Waals surface area contributed by atoms with Crippen LogP contribution in [0.15, 0.2) is 30.3 Å². The molecule has 1 saturated heterocycles. The molecular weight excluding hydrogens is 262 g/mol. The number of likely N-dealkylation sites (tertiary alicyclic amines) is 1. The number of piperidine rings is 1. The molecule has 1 aromatic carbocycles. The van der Waals surface area contributed by atoms with Crippen molar-refractivity contribution in [1.82, 2.24) is 15.1 Å². The predicted octanol–water partition coefficient (Wildman–Crippen LogP) is 1.72. The van der Waals surface area contributed by atoms with Crippen LogP contribution in [0.3, 0.4) is 0 Å². The van der Waals surface area contributed by atoms with E-state index in [-0.39, 0.29) is 5.91 Å². The lowest BCUT2D eigenvalue weighted by molar-refractivity contribution is -0.121. The Hall–Kier alpha value is -1.39. The minimum Gasteiger partial charge on any atom is -0.359 e. The summed E-state index contributed by atoms with van der Waals surface area (Å²) in [5.41, 5.74) is 1.38. The Morgan fingerprint density at radius 3 is 2.86 bits per heavy atom. The van der Waals surface area contributed by atoms with Crippen LogP contribution in [0, 0.1) is 0 Å². The van der Waals surface area contributed by atoms with E-state index in [4.69, 9.17) is 0 Å². The number of hydrogen-bond acceptors (Lipinski definition) is 3. The van der Waals surface area contributed by atoms with Gasteiger partial charge in [0.25, 0.3) is 0 Å². The van der Waals surface area contributed by atoms with E-state index in [9.17, 15) is 4.79 Å². The first-order valence-electron chi connectivity index (χ1n) is 7.86. The molecule has 21 heavy (non-hydrogen) atoms. The Kier molecular flexibility index (Phi) is 6.21. The molecule has 0 aromatic heterocycles. The first-order chi connectivity index (χ1) is 10.2. The standard InChI is InChI=1S/C17H27N3O/c1-18-17(21)10-12-19(2)16-9-6-11-20(14-16)13-15-7-4-3-5-8-15/h3-5,7-8,16H,6,9-14H2,1-2H3,(H,18,21). The Labute approximate surface area is 128 Å². The van der Waals surface area contributed by atoms with Gasteiger partial charge in [0.05, 0.1) is 0 Å². The fourth-order valence-corrected chi connectivity index (χ4v) is 2.96. The second-order valence-electron chi connectivity index (χ2n) is 5.92. The number of carbonyl (C=O) groups is 1. The molecule has 0 saturated carbocycles. The van der Waals surface area contributed by atoms with E-state index in [1.807, 2.05) is 0 Å². The van der Waals surface area contributed by atoms with Crippen molar-refractivity contribution in [3.63, 3.8) is 0 Å². The van der Waals surface area contributed by atoms with Crippen LogP contribution in [0.2, 0.25) is 0 Å². The minimum atomic E-state index is 0.124. The molecule has 0 radical (unpaired) electrons. The zero-order chi connectivity index (χ0) is 15.1. The third kappa shape index (κ3) is 5.14. The second kappa shape index (κ2) is 8.15. The van der Waals surface area contributed by atoms with Gasteiger partial charge in [0.2, 0.25) is 5.91 Å². The normalized spacial score (nSPS) is 19.7. The number of hydrogen-bond donors (Lipinski definition) is 1. The molecule has 0 aliphatic carbocycles. The van der Waals surface area contributed by atoms with Crippen molar-refractivity contribution in [3.8, 4) is 0 Å². The summed E-state index contributed by atoms with van der Waals surface area (Å²) in [7, 11) is 3.84. The Bertz CT molecular complexity index is 435. The van der Waals surface area contributed by atoms with Crippen molar-refractivity contribution in [2.45, 2.75) is 31.8 Å². The largest absolute Gasteiger partial charge is 0.359 e. The maximum absolute atomic E-state index is 11.4. The van der Waals surface area contributed by atoms with E-state index < -0.39 is 0 Å². The van der Waals surface area contributed by atoms with Crippen LogP contribution in [0.5, 0.6) is 0 Å². The fourth-order valence-electron chi connectivity index (χ4n) is 2.96. The van der Waals surface area contributed by atoms with Crippen molar-refractivity contribution < 1.29 is 4.79 Å². The summed E-state index contributed by atoms with van der Waals surface area (Å²) in [6, 6.07) is 11.2. The third-order valence-corrected chi connectivity index (χ3v) is 4.32. The molecule has 1 aliphatic heterocycles. The van der Waals surface area contributed by atoms with Crippen molar-refractivity contribution in [2.75, 3.05) is 33.7 Å². The van der Waals surface area contributed by atoms with Crippen LogP contribution < -0.4 is 5.32 Å². The van der Waals surface area contributed by atoms with Crippen LogP contribution in [0.25, 0.3) is 0 Å². The van der Waals surface area contributed by atoms with Crippen molar-refractivity contribution >= 4 is 5.91 Å². The van der Waals surface area contributed by atoms with E-state index in [1.165, 1.54) is 24.9 Å². The molecule has 1 unspecified atom stereocenters. The summed E-state index contributed by atoms with van der Waals surface area (Å²) in [5.74, 6) is 0.124. The fraction of sp³-hybridized carbons (Fsp3) is 0.588. The van der Waals surface area contributed by atoms with Crippen LogP contribution in [0.1, 0.15) is 24.8 Å². The molecule has 0 spiro atoms. The topological polar surface area (TPSA) is 35.6 Å². The summed E-state index contributed by atoms with van der Waals surface area (Å²) in [6.45, 7) is 4.14. The van der Waals surface area contributed by atoms with E-state index in [0.29, 0.717) is 12.5 Å². The molecule has 1 fully saturated rings. The highest BCUT2D eigenvalue weighted by molar-refractivity contribution is 5.75. The highest BCUT2D eigenvalue weighted by Crippen LogP contribution is 2.17. The van der Waals surface area contributed by atoms with E-state index in [0.717, 1.165) is 19.6 Å². The third-order valence-electron chi connectivity index (χ3n) is 4.32. The molecule has 4 nitrogen and oxygen atoms in total. The SMILES string of the molecule is CNC(=O)CCN(C)C1CCCN(Cc2ccccc2)C1. The van der Waals surface area contributed by atoms with E-state index in [1.54, 1.807) is 7.05 Å². The molecule has 0 bridgehead atoms. The highest BCUT2D eigenvalue weighted by Gasteiger charge is 2.23. The first-order valence-corrected chi connectivity index (χ1v) is 7.86. The molecule has 1 aromatic rings. The van der Waals surface area contributed by atoms with E-state index in [2.05, 4.69) is 52.5 Å². The van der Waals surface area contributed by atoms with Gasteiger partial charge in [0, 0.05) is 39.1 Å². The van der Waals surface area contributed by atoms with Crippen LogP contribution in [-0.2, 0) is 11.3 Å². The van der Waals surface area contributed by atoms with Crippen LogP contribution in [0.4, 0.5) is 0 Å². The smallest absolute Gasteiger partial charge is 0.221 e. The maximum atomic E-state index is 11.4. The molecule has 1 amide bonds. The summed E-state index contributed by atoms with van der Waals surface area (Å²) in [6.07, 6.45) is 3.06. The lowest BCUT2D eigenvalue weighted by atomic mass is 10.0. The van der Waals surface area contributed by atoms with Crippen LogP contribution >= 0.6 is 0 Å². The van der Waals surface area contributed by atoms with Gasteiger partial charge in [-0.25, -0.2) is 0 Å². The lowest BCUT2D eigenvalue weighted by Crippen LogP contribution is -2.46. The number of nitrogens with zero attached hydrogens (tertiary/aromatic N) is 2. The molecule has 1 N–H and O–H groups in total.